The van der Waals surface area contributed by atoms with Crippen LogP contribution in [0.5, 0.6) is 0 Å². The Morgan fingerprint density at radius 3 is 1.21 bits per heavy atom. The van der Waals surface area contributed by atoms with Gasteiger partial charge in [-0.3, -0.25) is 0 Å². The fourth-order valence-electron chi connectivity index (χ4n) is 1.14. The van der Waals surface area contributed by atoms with Crippen molar-refractivity contribution in [1.82, 2.24) is 0 Å². The summed E-state index contributed by atoms with van der Waals surface area (Å²) in [5.74, 6) is 0. The maximum Gasteiger partial charge on any atom is 3.00 e. The van der Waals surface area contributed by atoms with Gasteiger partial charge >= 0.3 is 35.6 Å². The first kappa shape index (κ1) is 19.1. The van der Waals surface area contributed by atoms with E-state index in [-0.39, 0.29) is 35.6 Å². The average Bonchev–Trinajstić information content (AvgIpc) is 2.12. The third-order valence-corrected chi connectivity index (χ3v) is 4.69. The number of benzene rings is 1. The van der Waals surface area contributed by atoms with E-state index in [0.717, 1.165) is 0 Å². The van der Waals surface area contributed by atoms with Crippen LogP contribution in [0, 0.1) is 35.6 Å². The average molecular weight is 454 g/mol. The normalized spacial score (nSPS) is 12.8. The van der Waals surface area contributed by atoms with Gasteiger partial charge in [-0.25, -0.2) is 25.3 Å². The summed E-state index contributed by atoms with van der Waals surface area (Å²) < 4.78 is 96.8. The van der Waals surface area contributed by atoms with Crippen molar-refractivity contribution in [1.29, 1.82) is 0 Å². The molecule has 0 unspecified atom stereocenters. The standard InChI is InChI=1S/C6H6O9S3.La/c7-16(8,9)4-2-1-3-5(17(10,11)12)6(4)18(13,14)15;/h1-3H,(H,7,8,9)(H,10,11,12)(H,13,14,15);/q;+3/p-3. The molecule has 0 aromatic heterocycles. The predicted octanol–water partition coefficient (Wildman–Crippen LogP) is -1.60. The zero-order valence-electron chi connectivity index (χ0n) is 8.71. The van der Waals surface area contributed by atoms with Crippen LogP contribution in [0.15, 0.2) is 32.9 Å². The molecule has 0 N–H and O–H groups in total. The van der Waals surface area contributed by atoms with Crippen LogP contribution in [0.1, 0.15) is 0 Å². The molecular formula is C6H3LaO9S3. The fraction of sp³-hybridized carbons (Fsp3) is 0. The monoisotopic (exact) mass is 454 g/mol. The van der Waals surface area contributed by atoms with E-state index in [9.17, 15) is 38.9 Å². The van der Waals surface area contributed by atoms with E-state index in [0.29, 0.717) is 18.2 Å². The van der Waals surface area contributed by atoms with Crippen LogP contribution in [0.25, 0.3) is 0 Å². The molecular weight excluding hydrogens is 451 g/mol. The van der Waals surface area contributed by atoms with Crippen molar-refractivity contribution in [2.24, 2.45) is 0 Å². The first-order chi connectivity index (χ1) is 7.85. The van der Waals surface area contributed by atoms with Crippen molar-refractivity contribution < 1.29 is 74.5 Å². The van der Waals surface area contributed by atoms with Crippen LogP contribution in [-0.4, -0.2) is 38.9 Å². The van der Waals surface area contributed by atoms with Crippen LogP contribution in [0.2, 0.25) is 0 Å². The molecule has 0 amide bonds. The maximum absolute atomic E-state index is 10.8. The molecule has 0 spiro atoms. The summed E-state index contributed by atoms with van der Waals surface area (Å²) in [4.78, 5) is -5.00. The molecule has 1 aromatic carbocycles. The zero-order valence-corrected chi connectivity index (χ0v) is 14.8. The molecule has 0 aliphatic carbocycles. The molecule has 0 heterocycles. The Balaban J connectivity index is 0.00000324. The Bertz CT molecular complexity index is 740. The van der Waals surface area contributed by atoms with Crippen molar-refractivity contribution >= 4 is 30.4 Å². The Morgan fingerprint density at radius 1 is 0.684 bits per heavy atom. The van der Waals surface area contributed by atoms with E-state index in [1.165, 1.54) is 0 Å². The number of rotatable bonds is 3. The molecule has 0 bridgehead atoms. The summed E-state index contributed by atoms with van der Waals surface area (Å²) >= 11 is 0. The van der Waals surface area contributed by atoms with Gasteiger partial charge in [0.1, 0.15) is 30.4 Å². The second-order valence-electron chi connectivity index (χ2n) is 2.95. The summed E-state index contributed by atoms with van der Waals surface area (Å²) in [7, 11) is -16.5. The molecule has 19 heavy (non-hydrogen) atoms. The second kappa shape index (κ2) is 5.87. The van der Waals surface area contributed by atoms with E-state index in [1.54, 1.807) is 0 Å². The van der Waals surface area contributed by atoms with Crippen molar-refractivity contribution in [3.8, 4) is 0 Å². The molecule has 0 aliphatic heterocycles. The van der Waals surface area contributed by atoms with Crippen molar-refractivity contribution in [3.63, 3.8) is 0 Å². The van der Waals surface area contributed by atoms with E-state index < -0.39 is 45.0 Å². The van der Waals surface area contributed by atoms with Crippen LogP contribution in [0.3, 0.4) is 0 Å². The quantitative estimate of drug-likeness (QED) is 0.488. The number of hydrogen-bond donors (Lipinski definition) is 0. The first-order valence-electron chi connectivity index (χ1n) is 3.86. The van der Waals surface area contributed by atoms with Gasteiger partial charge in [-0.1, -0.05) is 6.07 Å². The van der Waals surface area contributed by atoms with Gasteiger partial charge in [0, 0.05) is 0 Å². The minimum Gasteiger partial charge on any atom is -0.744 e. The third-order valence-electron chi connectivity index (χ3n) is 1.73. The zero-order chi connectivity index (χ0) is 14.4. The molecule has 0 saturated heterocycles. The number of hydrogen-bond acceptors (Lipinski definition) is 9. The van der Waals surface area contributed by atoms with Crippen molar-refractivity contribution in [3.05, 3.63) is 18.2 Å². The van der Waals surface area contributed by atoms with E-state index in [1.807, 2.05) is 0 Å². The molecule has 0 atom stereocenters. The first-order valence-corrected chi connectivity index (χ1v) is 8.08. The van der Waals surface area contributed by atoms with Crippen LogP contribution in [0.4, 0.5) is 0 Å². The van der Waals surface area contributed by atoms with Gasteiger partial charge in [0.15, 0.2) is 0 Å². The van der Waals surface area contributed by atoms with Gasteiger partial charge in [-0.2, -0.15) is 0 Å². The van der Waals surface area contributed by atoms with Gasteiger partial charge in [0.25, 0.3) is 0 Å². The summed E-state index contributed by atoms with van der Waals surface area (Å²) in [6.07, 6.45) is 0. The molecule has 102 valence electrons. The Morgan fingerprint density at radius 2 is 1.00 bits per heavy atom. The summed E-state index contributed by atoms with van der Waals surface area (Å²) in [5, 5.41) is 0. The van der Waals surface area contributed by atoms with Gasteiger partial charge in [-0.05, 0) is 12.1 Å². The minimum atomic E-state index is -5.64. The van der Waals surface area contributed by atoms with E-state index in [4.69, 9.17) is 0 Å². The van der Waals surface area contributed by atoms with E-state index in [2.05, 4.69) is 0 Å². The predicted molar refractivity (Wildman–Crippen MR) is 50.3 cm³/mol. The molecule has 1 aromatic rings. The van der Waals surface area contributed by atoms with E-state index >= 15 is 0 Å². The third kappa shape index (κ3) is 4.58. The molecule has 0 saturated carbocycles. The smallest absolute Gasteiger partial charge is 0.744 e. The SMILES string of the molecule is O=S(=O)([O-])c1cccc(S(=O)(=O)[O-])c1S(=O)(=O)[O-].[La+3]. The molecule has 9 nitrogen and oxygen atoms in total. The molecule has 13 heteroatoms. The summed E-state index contributed by atoms with van der Waals surface area (Å²) in [6.45, 7) is 0. The van der Waals surface area contributed by atoms with Gasteiger partial charge in [0.05, 0.1) is 14.7 Å². The van der Waals surface area contributed by atoms with Crippen LogP contribution in [-0.2, 0) is 30.4 Å². The van der Waals surface area contributed by atoms with Gasteiger partial charge in [-0.15, -0.1) is 0 Å². The maximum atomic E-state index is 10.8. The molecule has 1 rings (SSSR count). The van der Waals surface area contributed by atoms with Gasteiger partial charge < -0.3 is 13.7 Å². The topological polar surface area (TPSA) is 172 Å². The summed E-state index contributed by atoms with van der Waals surface area (Å²) in [6, 6.07) is 1.49. The fourth-order valence-corrected chi connectivity index (χ4v) is 4.22. The minimum absolute atomic E-state index is 0. The van der Waals surface area contributed by atoms with Crippen molar-refractivity contribution in [2.75, 3.05) is 0 Å². The Kier molecular flexibility index (Phi) is 5.91. The second-order valence-corrected chi connectivity index (χ2v) is 6.96. The summed E-state index contributed by atoms with van der Waals surface area (Å²) in [5.41, 5.74) is 0. The largest absolute Gasteiger partial charge is 3.00 e. The van der Waals surface area contributed by atoms with Crippen LogP contribution < -0.4 is 0 Å². The molecule has 0 radical (unpaired) electrons. The van der Waals surface area contributed by atoms with Crippen LogP contribution >= 0.6 is 0 Å². The Labute approximate surface area is 136 Å². The van der Waals surface area contributed by atoms with Gasteiger partial charge in [0.2, 0.25) is 0 Å². The Hall–Kier alpha value is 0.145. The molecule has 0 aliphatic rings. The van der Waals surface area contributed by atoms with Crippen molar-refractivity contribution in [2.45, 2.75) is 14.7 Å². The molecule has 0 fully saturated rings.